The molecule has 0 amide bonds. The Kier molecular flexibility index (Phi) is 3.34. The van der Waals surface area contributed by atoms with Crippen molar-refractivity contribution in [2.45, 2.75) is 51.5 Å². The van der Waals surface area contributed by atoms with E-state index in [4.69, 9.17) is 0 Å². The predicted octanol–water partition coefficient (Wildman–Crippen LogP) is 3.80. The van der Waals surface area contributed by atoms with Gasteiger partial charge in [-0.15, -0.1) is 0 Å². The molecule has 1 saturated heterocycles. The van der Waals surface area contributed by atoms with Gasteiger partial charge >= 0.3 is 0 Å². The van der Waals surface area contributed by atoms with Crippen LogP contribution in [0.4, 0.5) is 0 Å². The highest BCUT2D eigenvalue weighted by Gasteiger charge is 2.23. The van der Waals surface area contributed by atoms with Crippen LogP contribution >= 0.6 is 0 Å². The molecule has 1 unspecified atom stereocenters. The van der Waals surface area contributed by atoms with Gasteiger partial charge in [0.05, 0.1) is 0 Å². The normalized spacial score (nSPS) is 20.6. The number of hydrogen-bond donors (Lipinski definition) is 1. The quantitative estimate of drug-likeness (QED) is 0.809. The predicted molar refractivity (Wildman–Crippen MR) is 69.7 cm³/mol. The first-order valence-electron chi connectivity index (χ1n) is 6.47. The number of rotatable bonds is 4. The smallest absolute Gasteiger partial charge is 0.0332 e. The summed E-state index contributed by atoms with van der Waals surface area (Å²) < 4.78 is 0. The molecule has 0 aliphatic carbocycles. The molecule has 0 radical (unpaired) electrons. The Morgan fingerprint density at radius 2 is 2.12 bits per heavy atom. The van der Waals surface area contributed by atoms with Gasteiger partial charge in [-0.25, -0.2) is 0 Å². The van der Waals surface area contributed by atoms with Gasteiger partial charge in [0, 0.05) is 6.04 Å². The van der Waals surface area contributed by atoms with Crippen molar-refractivity contribution >= 4 is 0 Å². The molecule has 2 rings (SSSR count). The molecular formula is C15H23N. The van der Waals surface area contributed by atoms with Crippen LogP contribution in [0.3, 0.4) is 0 Å². The Balaban J connectivity index is 2.20. The molecular weight excluding hydrogens is 194 g/mol. The third-order valence-electron chi connectivity index (χ3n) is 3.77. The van der Waals surface area contributed by atoms with E-state index in [1.54, 1.807) is 0 Å². The molecule has 1 N–H and O–H groups in total. The molecule has 1 heteroatoms. The van der Waals surface area contributed by atoms with Gasteiger partial charge in [0.15, 0.2) is 0 Å². The van der Waals surface area contributed by atoms with Crippen LogP contribution in [0.5, 0.6) is 0 Å². The van der Waals surface area contributed by atoms with Crippen LogP contribution in [0.25, 0.3) is 0 Å². The van der Waals surface area contributed by atoms with E-state index in [1.165, 1.54) is 36.9 Å². The molecule has 88 valence electrons. The Morgan fingerprint density at radius 3 is 2.69 bits per heavy atom. The lowest BCUT2D eigenvalue weighted by atomic mass is 9.79. The van der Waals surface area contributed by atoms with Crippen molar-refractivity contribution in [1.29, 1.82) is 0 Å². The molecule has 1 aliphatic heterocycles. The molecule has 1 aromatic carbocycles. The Hall–Kier alpha value is -0.820. The van der Waals surface area contributed by atoms with Gasteiger partial charge in [0.25, 0.3) is 0 Å². The molecule has 0 spiro atoms. The van der Waals surface area contributed by atoms with E-state index in [2.05, 4.69) is 50.4 Å². The Bertz CT molecular complexity index is 350. The minimum absolute atomic E-state index is 0.314. The van der Waals surface area contributed by atoms with Gasteiger partial charge in [-0.1, -0.05) is 51.5 Å². The summed E-state index contributed by atoms with van der Waals surface area (Å²) in [4.78, 5) is 0. The van der Waals surface area contributed by atoms with Crippen molar-refractivity contribution in [2.24, 2.45) is 0 Å². The standard InChI is InChI=1S/C15H23N/c1-4-9-15(2,3)13-7-5-6-12(11-13)14-8-10-16-14/h5-7,11,14,16H,4,8-10H2,1-3H3. The molecule has 0 saturated carbocycles. The van der Waals surface area contributed by atoms with E-state index < -0.39 is 0 Å². The maximum absolute atomic E-state index is 3.47. The number of nitrogens with one attached hydrogen (secondary N) is 1. The fourth-order valence-electron chi connectivity index (χ4n) is 2.52. The summed E-state index contributed by atoms with van der Waals surface area (Å²) in [5.74, 6) is 0. The minimum Gasteiger partial charge on any atom is -0.310 e. The maximum atomic E-state index is 3.47. The van der Waals surface area contributed by atoms with Crippen molar-refractivity contribution < 1.29 is 0 Å². The van der Waals surface area contributed by atoms with Gasteiger partial charge in [-0.05, 0) is 35.9 Å². The molecule has 1 atom stereocenters. The zero-order valence-electron chi connectivity index (χ0n) is 10.7. The zero-order chi connectivity index (χ0) is 11.6. The molecule has 0 aromatic heterocycles. The van der Waals surface area contributed by atoms with Gasteiger partial charge < -0.3 is 5.32 Å². The molecule has 1 nitrogen and oxygen atoms in total. The molecule has 1 aliphatic rings. The second kappa shape index (κ2) is 4.58. The van der Waals surface area contributed by atoms with Crippen molar-refractivity contribution in [2.75, 3.05) is 6.54 Å². The lowest BCUT2D eigenvalue weighted by Crippen LogP contribution is -2.35. The third kappa shape index (κ3) is 2.30. The van der Waals surface area contributed by atoms with Gasteiger partial charge in [0.1, 0.15) is 0 Å². The van der Waals surface area contributed by atoms with E-state index in [1.807, 2.05) is 0 Å². The van der Waals surface area contributed by atoms with Crippen LogP contribution in [0.2, 0.25) is 0 Å². The summed E-state index contributed by atoms with van der Waals surface area (Å²) in [5.41, 5.74) is 3.27. The zero-order valence-corrected chi connectivity index (χ0v) is 10.7. The van der Waals surface area contributed by atoms with E-state index in [-0.39, 0.29) is 0 Å². The highest BCUT2D eigenvalue weighted by molar-refractivity contribution is 5.31. The molecule has 1 heterocycles. The first kappa shape index (κ1) is 11.7. The van der Waals surface area contributed by atoms with E-state index in [0.29, 0.717) is 11.5 Å². The van der Waals surface area contributed by atoms with E-state index in [0.717, 1.165) is 0 Å². The van der Waals surface area contributed by atoms with Crippen molar-refractivity contribution in [1.82, 2.24) is 5.32 Å². The highest BCUT2D eigenvalue weighted by atomic mass is 15.0. The van der Waals surface area contributed by atoms with E-state index in [9.17, 15) is 0 Å². The van der Waals surface area contributed by atoms with Crippen LogP contribution in [0, 0.1) is 0 Å². The van der Waals surface area contributed by atoms with Crippen LogP contribution in [0.1, 0.15) is 57.2 Å². The summed E-state index contributed by atoms with van der Waals surface area (Å²) >= 11 is 0. The van der Waals surface area contributed by atoms with Gasteiger partial charge in [-0.2, -0.15) is 0 Å². The number of benzene rings is 1. The van der Waals surface area contributed by atoms with E-state index >= 15 is 0 Å². The lowest BCUT2D eigenvalue weighted by Gasteiger charge is -2.30. The summed E-state index contributed by atoms with van der Waals surface area (Å²) in [5, 5.41) is 3.47. The highest BCUT2D eigenvalue weighted by Crippen LogP contribution is 2.31. The second-order valence-corrected chi connectivity index (χ2v) is 5.55. The second-order valence-electron chi connectivity index (χ2n) is 5.55. The largest absolute Gasteiger partial charge is 0.310 e. The average Bonchev–Trinajstić information content (AvgIpc) is 2.15. The summed E-state index contributed by atoms with van der Waals surface area (Å²) in [7, 11) is 0. The monoisotopic (exact) mass is 217 g/mol. The number of hydrogen-bond acceptors (Lipinski definition) is 1. The Labute approximate surface area is 99.3 Å². The van der Waals surface area contributed by atoms with Crippen LogP contribution < -0.4 is 5.32 Å². The van der Waals surface area contributed by atoms with Crippen molar-refractivity contribution in [3.8, 4) is 0 Å². The third-order valence-corrected chi connectivity index (χ3v) is 3.77. The molecule has 1 fully saturated rings. The molecule has 0 bridgehead atoms. The van der Waals surface area contributed by atoms with Crippen LogP contribution in [-0.2, 0) is 5.41 Å². The first-order chi connectivity index (χ1) is 7.63. The SMILES string of the molecule is CCCC(C)(C)c1cccc(C2CCN2)c1. The molecule has 1 aromatic rings. The minimum atomic E-state index is 0.314. The fraction of sp³-hybridized carbons (Fsp3) is 0.600. The summed E-state index contributed by atoms with van der Waals surface area (Å²) in [6, 6.07) is 9.74. The maximum Gasteiger partial charge on any atom is 0.0332 e. The van der Waals surface area contributed by atoms with Gasteiger partial charge in [-0.3, -0.25) is 0 Å². The lowest BCUT2D eigenvalue weighted by molar-refractivity contribution is 0.382. The first-order valence-corrected chi connectivity index (χ1v) is 6.47. The van der Waals surface area contributed by atoms with Gasteiger partial charge in [0.2, 0.25) is 0 Å². The average molecular weight is 217 g/mol. The fourth-order valence-corrected chi connectivity index (χ4v) is 2.52. The summed E-state index contributed by atoms with van der Waals surface area (Å²) in [6.45, 7) is 8.14. The van der Waals surface area contributed by atoms with Crippen LogP contribution in [0.15, 0.2) is 24.3 Å². The Morgan fingerprint density at radius 1 is 1.38 bits per heavy atom. The topological polar surface area (TPSA) is 12.0 Å². The van der Waals surface area contributed by atoms with Crippen LogP contribution in [-0.4, -0.2) is 6.54 Å². The van der Waals surface area contributed by atoms with Crippen molar-refractivity contribution in [3.05, 3.63) is 35.4 Å². The summed E-state index contributed by atoms with van der Waals surface area (Å²) in [6.07, 6.45) is 3.80. The van der Waals surface area contributed by atoms with Crippen molar-refractivity contribution in [3.63, 3.8) is 0 Å². The molecule has 16 heavy (non-hydrogen) atoms.